The molecule has 0 spiro atoms. The Morgan fingerprint density at radius 1 is 1.23 bits per heavy atom. The minimum absolute atomic E-state index is 0.0822. The van der Waals surface area contributed by atoms with Crippen molar-refractivity contribution in [3.63, 3.8) is 0 Å². The van der Waals surface area contributed by atoms with Crippen molar-refractivity contribution in [3.8, 4) is 0 Å². The summed E-state index contributed by atoms with van der Waals surface area (Å²) in [7, 11) is 0. The summed E-state index contributed by atoms with van der Waals surface area (Å²) >= 11 is 0. The maximum Gasteiger partial charge on any atom is 0.250 e. The van der Waals surface area contributed by atoms with E-state index in [9.17, 15) is 9.59 Å². The van der Waals surface area contributed by atoms with E-state index < -0.39 is 0 Å². The van der Waals surface area contributed by atoms with E-state index in [1.54, 1.807) is 10.6 Å². The highest BCUT2D eigenvalue weighted by atomic mass is 16.2. The molecular weight excluding hydrogens is 278 g/mol. The monoisotopic (exact) mass is 299 g/mol. The minimum Gasteiger partial charge on any atom is -0.348 e. The molecule has 2 rings (SSSR count). The van der Waals surface area contributed by atoms with E-state index in [-0.39, 0.29) is 23.9 Å². The van der Waals surface area contributed by atoms with Crippen LogP contribution in [-0.2, 0) is 11.3 Å². The second-order valence-electron chi connectivity index (χ2n) is 5.40. The number of nitrogens with zero attached hydrogens (tertiary/aromatic N) is 2. The van der Waals surface area contributed by atoms with Gasteiger partial charge < -0.3 is 9.88 Å². The molecule has 0 aliphatic carbocycles. The number of nitrogens with one attached hydrogen (secondary N) is 1. The molecule has 2 aromatic rings. The highest BCUT2D eigenvalue weighted by molar-refractivity contribution is 5.76. The molecule has 0 bridgehead atoms. The van der Waals surface area contributed by atoms with Gasteiger partial charge in [-0.2, -0.15) is 0 Å². The molecule has 1 amide bonds. The fourth-order valence-corrected chi connectivity index (χ4v) is 2.32. The van der Waals surface area contributed by atoms with E-state index in [1.807, 2.05) is 45.0 Å². The third kappa shape index (κ3) is 4.04. The van der Waals surface area contributed by atoms with Gasteiger partial charge in [-0.1, -0.05) is 12.1 Å². The summed E-state index contributed by atoms with van der Waals surface area (Å²) in [6, 6.07) is 10.7. The average molecular weight is 299 g/mol. The lowest BCUT2D eigenvalue weighted by Crippen LogP contribution is -2.30. The topological polar surface area (TPSA) is 64.0 Å². The molecule has 22 heavy (non-hydrogen) atoms. The van der Waals surface area contributed by atoms with Gasteiger partial charge in [0.05, 0.1) is 11.7 Å². The molecule has 1 unspecified atom stereocenters. The van der Waals surface area contributed by atoms with Gasteiger partial charge in [0.15, 0.2) is 0 Å². The van der Waals surface area contributed by atoms with E-state index in [2.05, 4.69) is 10.3 Å². The van der Waals surface area contributed by atoms with Gasteiger partial charge in [0, 0.05) is 30.4 Å². The number of carbonyl (C=O) groups is 1. The first kappa shape index (κ1) is 15.9. The Morgan fingerprint density at radius 2 is 1.95 bits per heavy atom. The van der Waals surface area contributed by atoms with E-state index in [0.29, 0.717) is 6.54 Å². The summed E-state index contributed by atoms with van der Waals surface area (Å²) in [6.45, 7) is 6.06. The largest absolute Gasteiger partial charge is 0.348 e. The Kier molecular flexibility index (Phi) is 5.09. The predicted octanol–water partition coefficient (Wildman–Crippen LogP) is 2.13. The number of pyridine rings is 2. The van der Waals surface area contributed by atoms with Gasteiger partial charge in [0.1, 0.15) is 0 Å². The molecule has 116 valence electrons. The molecule has 0 aliphatic heterocycles. The Morgan fingerprint density at radius 3 is 2.64 bits per heavy atom. The molecule has 5 heteroatoms. The zero-order valence-corrected chi connectivity index (χ0v) is 13.2. The number of rotatable bonds is 5. The first-order chi connectivity index (χ1) is 10.5. The van der Waals surface area contributed by atoms with Gasteiger partial charge in [-0.05, 0) is 39.0 Å². The van der Waals surface area contributed by atoms with Crippen LogP contribution in [-0.4, -0.2) is 15.5 Å². The Hall–Kier alpha value is -2.43. The lowest BCUT2D eigenvalue weighted by atomic mass is 10.2. The van der Waals surface area contributed by atoms with Crippen LogP contribution >= 0.6 is 0 Å². The zero-order chi connectivity index (χ0) is 16.1. The molecule has 2 heterocycles. The van der Waals surface area contributed by atoms with Crippen molar-refractivity contribution in [2.24, 2.45) is 0 Å². The van der Waals surface area contributed by atoms with E-state index in [0.717, 1.165) is 17.1 Å². The van der Waals surface area contributed by atoms with Gasteiger partial charge in [-0.3, -0.25) is 14.6 Å². The van der Waals surface area contributed by atoms with Gasteiger partial charge in [-0.25, -0.2) is 0 Å². The first-order valence-corrected chi connectivity index (χ1v) is 7.37. The van der Waals surface area contributed by atoms with E-state index >= 15 is 0 Å². The molecule has 2 aromatic heterocycles. The Labute approximate surface area is 130 Å². The van der Waals surface area contributed by atoms with Crippen molar-refractivity contribution in [1.82, 2.24) is 14.9 Å². The van der Waals surface area contributed by atoms with Gasteiger partial charge in [-0.15, -0.1) is 0 Å². The molecule has 0 saturated heterocycles. The predicted molar refractivity (Wildman–Crippen MR) is 85.6 cm³/mol. The normalized spacial score (nSPS) is 12.0. The van der Waals surface area contributed by atoms with Crippen molar-refractivity contribution in [1.29, 1.82) is 0 Å². The van der Waals surface area contributed by atoms with Crippen molar-refractivity contribution in [3.05, 3.63) is 63.8 Å². The smallest absolute Gasteiger partial charge is 0.250 e. The van der Waals surface area contributed by atoms with Crippen LogP contribution in [0.3, 0.4) is 0 Å². The summed E-state index contributed by atoms with van der Waals surface area (Å²) in [5, 5.41) is 2.92. The quantitative estimate of drug-likeness (QED) is 0.920. The van der Waals surface area contributed by atoms with Crippen LogP contribution in [0.25, 0.3) is 0 Å². The van der Waals surface area contributed by atoms with Crippen molar-refractivity contribution in [2.45, 2.75) is 39.8 Å². The van der Waals surface area contributed by atoms with Crippen molar-refractivity contribution < 1.29 is 4.79 Å². The Balaban J connectivity index is 1.95. The lowest BCUT2D eigenvalue weighted by Gasteiger charge is -2.15. The molecule has 0 fully saturated rings. The maximum absolute atomic E-state index is 12.1. The van der Waals surface area contributed by atoms with Crippen LogP contribution in [0.15, 0.2) is 41.2 Å². The van der Waals surface area contributed by atoms with E-state index in [4.69, 9.17) is 0 Å². The fraction of sp³-hybridized carbons (Fsp3) is 0.353. The second kappa shape index (κ2) is 7.02. The molecular formula is C17H21N3O2. The SMILES string of the molecule is Cc1cccc(C(C)NC(=O)CCn2c(C)cccc2=O)n1. The minimum atomic E-state index is -0.152. The van der Waals surface area contributed by atoms with Crippen LogP contribution in [0.5, 0.6) is 0 Å². The molecule has 1 N–H and O–H groups in total. The zero-order valence-electron chi connectivity index (χ0n) is 13.2. The van der Waals surface area contributed by atoms with Crippen molar-refractivity contribution >= 4 is 5.91 Å². The van der Waals surface area contributed by atoms with Gasteiger partial charge in [0.25, 0.3) is 5.56 Å². The second-order valence-corrected chi connectivity index (χ2v) is 5.40. The number of amides is 1. The molecule has 0 aliphatic rings. The number of carbonyl (C=O) groups excluding carboxylic acids is 1. The molecule has 5 nitrogen and oxygen atoms in total. The fourth-order valence-electron chi connectivity index (χ4n) is 2.32. The first-order valence-electron chi connectivity index (χ1n) is 7.37. The van der Waals surface area contributed by atoms with Crippen LogP contribution < -0.4 is 10.9 Å². The van der Waals surface area contributed by atoms with Crippen LogP contribution in [0.4, 0.5) is 0 Å². The maximum atomic E-state index is 12.1. The van der Waals surface area contributed by atoms with Crippen LogP contribution in [0, 0.1) is 13.8 Å². The summed E-state index contributed by atoms with van der Waals surface area (Å²) in [5.74, 6) is -0.0917. The van der Waals surface area contributed by atoms with Crippen molar-refractivity contribution in [2.75, 3.05) is 0 Å². The molecule has 0 saturated carbocycles. The van der Waals surface area contributed by atoms with Crippen LogP contribution in [0.2, 0.25) is 0 Å². The van der Waals surface area contributed by atoms with Gasteiger partial charge in [0.2, 0.25) is 5.91 Å². The molecule has 0 aromatic carbocycles. The van der Waals surface area contributed by atoms with E-state index in [1.165, 1.54) is 6.07 Å². The number of aryl methyl sites for hydroxylation is 2. The summed E-state index contributed by atoms with van der Waals surface area (Å²) in [5.41, 5.74) is 2.53. The number of hydrogen-bond donors (Lipinski definition) is 1. The summed E-state index contributed by atoms with van der Waals surface area (Å²) in [4.78, 5) is 28.2. The highest BCUT2D eigenvalue weighted by Gasteiger charge is 2.11. The number of hydrogen-bond acceptors (Lipinski definition) is 3. The molecule has 1 atom stereocenters. The average Bonchev–Trinajstić information content (AvgIpc) is 2.46. The molecule has 0 radical (unpaired) electrons. The van der Waals surface area contributed by atoms with Crippen LogP contribution in [0.1, 0.15) is 36.5 Å². The highest BCUT2D eigenvalue weighted by Crippen LogP contribution is 2.10. The third-order valence-electron chi connectivity index (χ3n) is 3.56. The van der Waals surface area contributed by atoms with Gasteiger partial charge >= 0.3 is 0 Å². The third-order valence-corrected chi connectivity index (χ3v) is 3.56. The number of aromatic nitrogens is 2. The lowest BCUT2D eigenvalue weighted by molar-refractivity contribution is -0.122. The Bertz CT molecular complexity index is 722. The standard InChI is InChI=1S/C17H21N3O2/c1-12-6-4-8-15(18-12)14(3)19-16(21)10-11-20-13(2)7-5-9-17(20)22/h4-9,14H,10-11H2,1-3H3,(H,19,21). The summed E-state index contributed by atoms with van der Waals surface area (Å²) < 4.78 is 1.61. The summed E-state index contributed by atoms with van der Waals surface area (Å²) in [6.07, 6.45) is 0.265.